The smallest absolute Gasteiger partial charge is 0.298 e. The molecule has 0 heterocycles. The van der Waals surface area contributed by atoms with Crippen LogP contribution in [0.5, 0.6) is 5.75 Å². The fourth-order valence-electron chi connectivity index (χ4n) is 2.73. The van der Waals surface area contributed by atoms with E-state index in [-0.39, 0.29) is 16.9 Å². The first-order valence-corrected chi connectivity index (χ1v) is 9.31. The third-order valence-corrected chi connectivity index (χ3v) is 4.93. The van der Waals surface area contributed by atoms with E-state index in [0.29, 0.717) is 16.3 Å². The minimum atomic E-state index is -4.59. The number of fused-ring (bicyclic) bond motifs is 1. The van der Waals surface area contributed by atoms with Gasteiger partial charge >= 0.3 is 0 Å². The fraction of sp³-hybridized carbons (Fsp3) is 0.0556. The minimum absolute atomic E-state index is 0.111. The van der Waals surface area contributed by atoms with E-state index in [4.69, 9.17) is 4.55 Å². The number of hydrogen-bond donors (Lipinski definition) is 3. The standard InChI is InChI=1S/C18H14N2O7S/c1-10-2-5-14(15(6-10)20(23)24)18(22)19-13-4-3-11-9-17(28(25,26)27)16(21)8-12(11)7-13/h2-9,21H,1H3,(H,19,22)(H,25,26,27). The topological polar surface area (TPSA) is 147 Å². The molecule has 0 unspecified atom stereocenters. The van der Waals surface area contributed by atoms with Gasteiger partial charge in [0.2, 0.25) is 0 Å². The van der Waals surface area contributed by atoms with Crippen LogP contribution in [0.4, 0.5) is 11.4 Å². The number of nitrogens with one attached hydrogen (secondary N) is 1. The lowest BCUT2D eigenvalue weighted by Gasteiger charge is -2.09. The Morgan fingerprint density at radius 1 is 1.07 bits per heavy atom. The van der Waals surface area contributed by atoms with Crippen molar-refractivity contribution in [2.45, 2.75) is 11.8 Å². The van der Waals surface area contributed by atoms with Crippen molar-refractivity contribution in [2.75, 3.05) is 5.32 Å². The molecule has 0 saturated heterocycles. The van der Waals surface area contributed by atoms with Crippen LogP contribution >= 0.6 is 0 Å². The van der Waals surface area contributed by atoms with E-state index in [1.807, 2.05) is 0 Å². The monoisotopic (exact) mass is 402 g/mol. The number of amides is 1. The van der Waals surface area contributed by atoms with E-state index in [1.54, 1.807) is 13.0 Å². The van der Waals surface area contributed by atoms with Crippen LogP contribution in [-0.2, 0) is 10.1 Å². The number of phenols is 1. The van der Waals surface area contributed by atoms with Crippen LogP contribution in [-0.4, -0.2) is 28.9 Å². The number of carbonyl (C=O) groups is 1. The maximum absolute atomic E-state index is 12.5. The second-order valence-electron chi connectivity index (χ2n) is 6.09. The Morgan fingerprint density at radius 3 is 2.43 bits per heavy atom. The van der Waals surface area contributed by atoms with Crippen LogP contribution in [0.3, 0.4) is 0 Å². The predicted octanol–water partition coefficient (Wildman–Crippen LogP) is 3.26. The first-order valence-electron chi connectivity index (χ1n) is 7.87. The molecule has 144 valence electrons. The molecule has 3 N–H and O–H groups in total. The number of nitro groups is 1. The maximum Gasteiger partial charge on any atom is 0.298 e. The van der Waals surface area contributed by atoms with Gasteiger partial charge in [-0.25, -0.2) is 0 Å². The molecule has 0 aliphatic heterocycles. The first kappa shape index (κ1) is 19.3. The molecular formula is C18H14N2O7S. The lowest BCUT2D eigenvalue weighted by molar-refractivity contribution is -0.385. The predicted molar refractivity (Wildman–Crippen MR) is 101 cm³/mol. The second-order valence-corrected chi connectivity index (χ2v) is 7.48. The molecule has 1 amide bonds. The number of anilines is 1. The van der Waals surface area contributed by atoms with Crippen molar-refractivity contribution in [1.82, 2.24) is 0 Å². The number of aryl methyl sites for hydroxylation is 1. The molecule has 0 atom stereocenters. The SMILES string of the molecule is Cc1ccc(C(=O)Nc2ccc3cc(S(=O)(=O)O)c(O)cc3c2)c([N+](=O)[O-])c1. The Kier molecular flexibility index (Phi) is 4.75. The van der Waals surface area contributed by atoms with Crippen LogP contribution < -0.4 is 5.32 Å². The van der Waals surface area contributed by atoms with Crippen LogP contribution in [0.25, 0.3) is 10.8 Å². The highest BCUT2D eigenvalue weighted by atomic mass is 32.2. The van der Waals surface area contributed by atoms with E-state index >= 15 is 0 Å². The molecule has 0 aromatic heterocycles. The summed E-state index contributed by atoms with van der Waals surface area (Å²) >= 11 is 0. The van der Waals surface area contributed by atoms with Gasteiger partial charge in [0.1, 0.15) is 16.2 Å². The molecule has 0 saturated carbocycles. The molecule has 3 aromatic carbocycles. The van der Waals surface area contributed by atoms with Crippen molar-refractivity contribution < 1.29 is 27.8 Å². The van der Waals surface area contributed by atoms with Crippen molar-refractivity contribution in [3.63, 3.8) is 0 Å². The number of nitrogens with zero attached hydrogens (tertiary/aromatic N) is 1. The average molecular weight is 402 g/mol. The van der Waals surface area contributed by atoms with Crippen LogP contribution in [0.1, 0.15) is 15.9 Å². The highest BCUT2D eigenvalue weighted by Crippen LogP contribution is 2.30. The van der Waals surface area contributed by atoms with E-state index < -0.39 is 31.6 Å². The normalized spacial score (nSPS) is 11.4. The van der Waals surface area contributed by atoms with Gasteiger partial charge in [-0.3, -0.25) is 19.5 Å². The molecule has 3 rings (SSSR count). The van der Waals surface area contributed by atoms with Gasteiger partial charge in [0.15, 0.2) is 0 Å². The number of carbonyl (C=O) groups excluding carboxylic acids is 1. The van der Waals surface area contributed by atoms with Gasteiger partial charge in [0, 0.05) is 11.8 Å². The van der Waals surface area contributed by atoms with E-state index in [0.717, 1.165) is 12.1 Å². The van der Waals surface area contributed by atoms with Gasteiger partial charge in [0.05, 0.1) is 4.92 Å². The van der Waals surface area contributed by atoms with Crippen molar-refractivity contribution in [2.24, 2.45) is 0 Å². The lowest BCUT2D eigenvalue weighted by atomic mass is 10.1. The molecule has 9 nitrogen and oxygen atoms in total. The summed E-state index contributed by atoms with van der Waals surface area (Å²) < 4.78 is 31.6. The number of benzene rings is 3. The Balaban J connectivity index is 1.97. The van der Waals surface area contributed by atoms with Gasteiger partial charge in [-0.05, 0) is 53.6 Å². The lowest BCUT2D eigenvalue weighted by Crippen LogP contribution is -2.14. The number of phenolic OH excluding ortho intramolecular Hbond substituents is 1. The minimum Gasteiger partial charge on any atom is -0.506 e. The van der Waals surface area contributed by atoms with Crippen LogP contribution in [0.2, 0.25) is 0 Å². The fourth-order valence-corrected chi connectivity index (χ4v) is 3.33. The van der Waals surface area contributed by atoms with Gasteiger partial charge in [0.25, 0.3) is 21.7 Å². The highest BCUT2D eigenvalue weighted by Gasteiger charge is 2.21. The average Bonchev–Trinajstić information content (AvgIpc) is 2.59. The number of hydrogen-bond acceptors (Lipinski definition) is 6. The van der Waals surface area contributed by atoms with Gasteiger partial charge in [-0.15, -0.1) is 0 Å². The number of nitro benzene ring substituents is 1. The van der Waals surface area contributed by atoms with E-state index in [1.165, 1.54) is 30.3 Å². The summed E-state index contributed by atoms with van der Waals surface area (Å²) in [4.78, 5) is 22.4. The Hall–Kier alpha value is -3.50. The zero-order valence-electron chi connectivity index (χ0n) is 14.4. The summed E-state index contributed by atoms with van der Waals surface area (Å²) in [6, 6.07) is 10.8. The summed E-state index contributed by atoms with van der Waals surface area (Å²) in [5.74, 6) is -1.34. The molecule has 0 spiro atoms. The van der Waals surface area contributed by atoms with Gasteiger partial charge < -0.3 is 10.4 Å². The maximum atomic E-state index is 12.5. The second kappa shape index (κ2) is 6.91. The van der Waals surface area contributed by atoms with Crippen molar-refractivity contribution in [3.05, 3.63) is 69.8 Å². The molecule has 0 fully saturated rings. The molecule has 0 radical (unpaired) electrons. The summed E-state index contributed by atoms with van der Waals surface area (Å²) in [6.07, 6.45) is 0. The molecule has 0 aliphatic rings. The van der Waals surface area contributed by atoms with E-state index in [2.05, 4.69) is 5.32 Å². The van der Waals surface area contributed by atoms with Crippen molar-refractivity contribution >= 4 is 38.2 Å². The molecular weight excluding hydrogens is 388 g/mol. The van der Waals surface area contributed by atoms with Gasteiger partial charge in [-0.1, -0.05) is 12.1 Å². The van der Waals surface area contributed by atoms with Gasteiger partial charge in [-0.2, -0.15) is 8.42 Å². The molecule has 0 bridgehead atoms. The molecule has 28 heavy (non-hydrogen) atoms. The third kappa shape index (κ3) is 3.77. The quantitative estimate of drug-likeness (QED) is 0.345. The summed E-state index contributed by atoms with van der Waals surface area (Å²) in [6.45, 7) is 1.67. The molecule has 3 aromatic rings. The zero-order chi connectivity index (χ0) is 20.6. The number of rotatable bonds is 4. The van der Waals surface area contributed by atoms with Crippen LogP contribution in [0, 0.1) is 17.0 Å². The molecule has 0 aliphatic carbocycles. The Bertz CT molecular complexity index is 1240. The molecule has 10 heteroatoms. The first-order chi connectivity index (χ1) is 13.1. The number of aromatic hydroxyl groups is 1. The van der Waals surface area contributed by atoms with E-state index in [9.17, 15) is 28.4 Å². The van der Waals surface area contributed by atoms with Crippen molar-refractivity contribution in [3.8, 4) is 5.75 Å². The van der Waals surface area contributed by atoms with Crippen LogP contribution in [0.15, 0.2) is 53.4 Å². The Morgan fingerprint density at radius 2 is 1.79 bits per heavy atom. The highest BCUT2D eigenvalue weighted by molar-refractivity contribution is 7.86. The van der Waals surface area contributed by atoms with Crippen molar-refractivity contribution in [1.29, 1.82) is 0 Å². The Labute approximate surface area is 159 Å². The largest absolute Gasteiger partial charge is 0.506 e. The zero-order valence-corrected chi connectivity index (χ0v) is 15.2. The summed E-state index contributed by atoms with van der Waals surface area (Å²) in [5.41, 5.74) is 0.486. The summed E-state index contributed by atoms with van der Waals surface area (Å²) in [5, 5.41) is 24.3. The summed E-state index contributed by atoms with van der Waals surface area (Å²) in [7, 11) is -4.59. The third-order valence-electron chi connectivity index (χ3n) is 4.05.